The molecule has 0 spiro atoms. The fourth-order valence-electron chi connectivity index (χ4n) is 3.55. The van der Waals surface area contributed by atoms with Crippen molar-refractivity contribution in [3.63, 3.8) is 0 Å². The Labute approximate surface area is 165 Å². The summed E-state index contributed by atoms with van der Waals surface area (Å²) in [5, 5.41) is 9.09. The summed E-state index contributed by atoms with van der Waals surface area (Å²) in [4.78, 5) is 16.3. The lowest BCUT2D eigenvalue weighted by atomic mass is 10.0. The van der Waals surface area contributed by atoms with Crippen LogP contribution in [-0.2, 0) is 17.9 Å². The summed E-state index contributed by atoms with van der Waals surface area (Å²) in [5.74, 6) is 0. The highest BCUT2D eigenvalue weighted by atomic mass is 19.1. The molecule has 0 aliphatic carbocycles. The maximum Gasteiger partial charge on any atom is 0.410 e. The van der Waals surface area contributed by atoms with Gasteiger partial charge in [0, 0.05) is 26.2 Å². The van der Waals surface area contributed by atoms with E-state index in [0.717, 1.165) is 11.1 Å². The Morgan fingerprint density at radius 3 is 2.36 bits per heavy atom. The number of benzene rings is 2. The number of likely N-dealkylation sites (tertiary alicyclic amines) is 1. The van der Waals surface area contributed by atoms with Gasteiger partial charge in [0.2, 0.25) is 0 Å². The number of hydrogen-bond acceptors (Lipinski definition) is 4. The number of halogens is 1. The summed E-state index contributed by atoms with van der Waals surface area (Å²) in [6.45, 7) is 1.77. The SMILES string of the molecule is O=C(OCc1ccccc1)N(Cc1ccccc1)[C@@H]1CCN(CCO)C[C@H]1F. The van der Waals surface area contributed by atoms with Gasteiger partial charge in [-0.2, -0.15) is 0 Å². The van der Waals surface area contributed by atoms with Crippen LogP contribution < -0.4 is 0 Å². The van der Waals surface area contributed by atoms with E-state index >= 15 is 0 Å². The minimum absolute atomic E-state index is 0.00420. The number of aliphatic hydroxyl groups is 1. The Morgan fingerprint density at radius 1 is 1.11 bits per heavy atom. The molecule has 3 rings (SSSR count). The van der Waals surface area contributed by atoms with E-state index < -0.39 is 18.3 Å². The van der Waals surface area contributed by atoms with E-state index in [1.165, 1.54) is 4.90 Å². The van der Waals surface area contributed by atoms with Gasteiger partial charge in [0.1, 0.15) is 12.8 Å². The monoisotopic (exact) mass is 386 g/mol. The lowest BCUT2D eigenvalue weighted by molar-refractivity contribution is 0.0143. The fraction of sp³-hybridized carbons (Fsp3) is 0.409. The summed E-state index contributed by atoms with van der Waals surface area (Å²) in [6.07, 6.45) is -1.18. The molecule has 2 atom stereocenters. The van der Waals surface area contributed by atoms with Crippen LogP contribution in [0.15, 0.2) is 60.7 Å². The van der Waals surface area contributed by atoms with E-state index in [9.17, 15) is 9.18 Å². The van der Waals surface area contributed by atoms with E-state index in [1.54, 1.807) is 0 Å². The molecule has 28 heavy (non-hydrogen) atoms. The van der Waals surface area contributed by atoms with Crippen LogP contribution in [0.25, 0.3) is 0 Å². The first kappa shape index (κ1) is 20.3. The number of rotatable bonds is 7. The Kier molecular flexibility index (Phi) is 7.39. The van der Waals surface area contributed by atoms with Crippen LogP contribution in [0.3, 0.4) is 0 Å². The molecule has 0 unspecified atom stereocenters. The van der Waals surface area contributed by atoms with Crippen molar-refractivity contribution < 1.29 is 19.0 Å². The van der Waals surface area contributed by atoms with Crippen molar-refractivity contribution in [3.05, 3.63) is 71.8 Å². The van der Waals surface area contributed by atoms with E-state index in [1.807, 2.05) is 65.6 Å². The molecule has 1 amide bonds. The van der Waals surface area contributed by atoms with Crippen molar-refractivity contribution in [3.8, 4) is 0 Å². The van der Waals surface area contributed by atoms with Gasteiger partial charge in [-0.1, -0.05) is 60.7 Å². The molecule has 0 aromatic heterocycles. The zero-order valence-corrected chi connectivity index (χ0v) is 15.9. The quantitative estimate of drug-likeness (QED) is 0.794. The molecular formula is C22H27FN2O3. The number of hydrogen-bond donors (Lipinski definition) is 1. The van der Waals surface area contributed by atoms with Gasteiger partial charge in [-0.25, -0.2) is 9.18 Å². The lowest BCUT2D eigenvalue weighted by Gasteiger charge is -2.40. The van der Waals surface area contributed by atoms with Crippen molar-refractivity contribution in [2.24, 2.45) is 0 Å². The number of carbonyl (C=O) groups excluding carboxylic acids is 1. The summed E-state index contributed by atoms with van der Waals surface area (Å²) in [5.41, 5.74) is 1.83. The van der Waals surface area contributed by atoms with Crippen LogP contribution in [0.5, 0.6) is 0 Å². The van der Waals surface area contributed by atoms with Crippen molar-refractivity contribution in [1.29, 1.82) is 0 Å². The second-order valence-corrected chi connectivity index (χ2v) is 7.05. The molecule has 6 heteroatoms. The minimum Gasteiger partial charge on any atom is -0.445 e. The molecular weight excluding hydrogens is 359 g/mol. The van der Waals surface area contributed by atoms with Crippen LogP contribution in [0.4, 0.5) is 9.18 Å². The van der Waals surface area contributed by atoms with Crippen molar-refractivity contribution in [1.82, 2.24) is 9.80 Å². The van der Waals surface area contributed by atoms with Gasteiger partial charge in [0.05, 0.1) is 12.6 Å². The third kappa shape index (κ3) is 5.53. The summed E-state index contributed by atoms with van der Waals surface area (Å²) < 4.78 is 20.4. The average molecular weight is 386 g/mol. The summed E-state index contributed by atoms with van der Waals surface area (Å²) in [6, 6.07) is 18.5. The maximum absolute atomic E-state index is 14.9. The first-order chi connectivity index (χ1) is 13.7. The molecule has 5 nitrogen and oxygen atoms in total. The molecule has 2 aromatic rings. The smallest absolute Gasteiger partial charge is 0.410 e. The number of piperidine rings is 1. The van der Waals surface area contributed by atoms with Gasteiger partial charge in [0.15, 0.2) is 0 Å². The van der Waals surface area contributed by atoms with Crippen LogP contribution in [0, 0.1) is 0 Å². The number of β-amino-alcohol motifs (C(OH)–C–C–N with tert-alkyl or cyclic N) is 1. The van der Waals surface area contributed by atoms with E-state index in [2.05, 4.69) is 0 Å². The number of amides is 1. The standard InChI is InChI=1S/C22H27FN2O3/c23-20-16-24(13-14-26)12-11-21(20)25(15-18-7-3-1-4-8-18)22(27)28-17-19-9-5-2-6-10-19/h1-10,20-21,26H,11-17H2/t20-,21-/m1/s1. The van der Waals surface area contributed by atoms with Crippen LogP contribution in [-0.4, -0.2) is 59.5 Å². The van der Waals surface area contributed by atoms with Crippen LogP contribution >= 0.6 is 0 Å². The van der Waals surface area contributed by atoms with Gasteiger partial charge in [-0.3, -0.25) is 9.80 Å². The van der Waals surface area contributed by atoms with Crippen molar-refractivity contribution in [2.45, 2.75) is 31.8 Å². The molecule has 2 aromatic carbocycles. The largest absolute Gasteiger partial charge is 0.445 e. The highest BCUT2D eigenvalue weighted by Crippen LogP contribution is 2.23. The zero-order chi connectivity index (χ0) is 19.8. The van der Waals surface area contributed by atoms with Crippen LogP contribution in [0.2, 0.25) is 0 Å². The third-order valence-electron chi connectivity index (χ3n) is 5.04. The summed E-state index contributed by atoms with van der Waals surface area (Å²) in [7, 11) is 0. The number of nitrogens with zero attached hydrogens (tertiary/aromatic N) is 2. The first-order valence-corrected chi connectivity index (χ1v) is 9.66. The Morgan fingerprint density at radius 2 is 1.75 bits per heavy atom. The maximum atomic E-state index is 14.9. The predicted molar refractivity (Wildman–Crippen MR) is 105 cm³/mol. The topological polar surface area (TPSA) is 53.0 Å². The van der Waals surface area contributed by atoms with Crippen molar-refractivity contribution in [2.75, 3.05) is 26.2 Å². The van der Waals surface area contributed by atoms with Gasteiger partial charge < -0.3 is 9.84 Å². The van der Waals surface area contributed by atoms with Gasteiger partial charge in [-0.15, -0.1) is 0 Å². The zero-order valence-electron chi connectivity index (χ0n) is 15.9. The Hall–Kier alpha value is -2.44. The second kappa shape index (κ2) is 10.2. The molecule has 1 N–H and O–H groups in total. The van der Waals surface area contributed by atoms with Crippen LogP contribution in [0.1, 0.15) is 17.5 Å². The molecule has 0 radical (unpaired) electrons. The van der Waals surface area contributed by atoms with Gasteiger partial charge >= 0.3 is 6.09 Å². The van der Waals surface area contributed by atoms with E-state index in [0.29, 0.717) is 26.1 Å². The fourth-order valence-corrected chi connectivity index (χ4v) is 3.55. The molecule has 150 valence electrons. The first-order valence-electron chi connectivity index (χ1n) is 9.66. The molecule has 0 saturated carbocycles. The molecule has 1 heterocycles. The number of carbonyl (C=O) groups is 1. The Balaban J connectivity index is 1.70. The number of ether oxygens (including phenoxy) is 1. The molecule has 1 aliphatic rings. The lowest BCUT2D eigenvalue weighted by Crippen LogP contribution is -2.54. The van der Waals surface area contributed by atoms with Gasteiger partial charge in [0.25, 0.3) is 0 Å². The third-order valence-corrected chi connectivity index (χ3v) is 5.04. The molecule has 1 fully saturated rings. The van der Waals surface area contributed by atoms with E-state index in [-0.39, 0.29) is 19.8 Å². The summed E-state index contributed by atoms with van der Waals surface area (Å²) >= 11 is 0. The van der Waals surface area contributed by atoms with Crippen molar-refractivity contribution >= 4 is 6.09 Å². The average Bonchev–Trinajstić information content (AvgIpc) is 2.72. The highest BCUT2D eigenvalue weighted by Gasteiger charge is 2.36. The molecule has 0 bridgehead atoms. The molecule has 1 aliphatic heterocycles. The normalized spacial score (nSPS) is 19.9. The highest BCUT2D eigenvalue weighted by molar-refractivity contribution is 5.68. The number of aliphatic hydroxyl groups excluding tert-OH is 1. The minimum atomic E-state index is -1.19. The number of alkyl halides is 1. The Bertz CT molecular complexity index is 729. The second-order valence-electron chi connectivity index (χ2n) is 7.05. The molecule has 1 saturated heterocycles. The predicted octanol–water partition coefficient (Wildman–Crippen LogP) is 3.23. The van der Waals surface area contributed by atoms with Gasteiger partial charge in [-0.05, 0) is 17.5 Å². The van der Waals surface area contributed by atoms with E-state index in [4.69, 9.17) is 9.84 Å².